The predicted molar refractivity (Wildman–Crippen MR) is 77.2 cm³/mol. The zero-order valence-electron chi connectivity index (χ0n) is 11.3. The second kappa shape index (κ2) is 6.61. The summed E-state index contributed by atoms with van der Waals surface area (Å²) in [6, 6.07) is 11.4. The topological polar surface area (TPSA) is 44.8 Å². The van der Waals surface area contributed by atoms with Crippen LogP contribution in [0.2, 0.25) is 0 Å². The molecule has 2 aromatic rings. The van der Waals surface area contributed by atoms with E-state index < -0.39 is 5.97 Å². The summed E-state index contributed by atoms with van der Waals surface area (Å²) in [5, 5.41) is 2.05. The maximum atomic E-state index is 11.0. The first kappa shape index (κ1) is 13.9. The average molecular weight is 272 g/mol. The van der Waals surface area contributed by atoms with Crippen LogP contribution in [-0.2, 0) is 9.53 Å². The first-order chi connectivity index (χ1) is 9.72. The van der Waals surface area contributed by atoms with Gasteiger partial charge in [-0.05, 0) is 35.0 Å². The van der Waals surface area contributed by atoms with Gasteiger partial charge in [0.05, 0.1) is 7.11 Å². The molecule has 104 valence electrons. The van der Waals surface area contributed by atoms with Gasteiger partial charge >= 0.3 is 5.97 Å². The van der Waals surface area contributed by atoms with Gasteiger partial charge in [0.1, 0.15) is 18.1 Å². The van der Waals surface area contributed by atoms with Crippen LogP contribution in [-0.4, -0.2) is 26.3 Å². The molecule has 0 saturated carbocycles. The van der Waals surface area contributed by atoms with Crippen LogP contribution in [0.3, 0.4) is 0 Å². The standard InChI is InChI=1S/C16H16O4/c1-3-8-19-14-6-4-12-5-7-15(10-13(12)9-14)20-11-16(17)18-2/h3-7,9-10H,1,8,11H2,2H3. The van der Waals surface area contributed by atoms with Crippen molar-refractivity contribution in [2.75, 3.05) is 20.3 Å². The van der Waals surface area contributed by atoms with Crippen molar-refractivity contribution in [2.45, 2.75) is 0 Å². The minimum atomic E-state index is -0.409. The molecule has 0 aliphatic carbocycles. The molecule has 0 spiro atoms. The van der Waals surface area contributed by atoms with E-state index in [0.717, 1.165) is 16.5 Å². The van der Waals surface area contributed by atoms with Crippen LogP contribution in [0.4, 0.5) is 0 Å². The molecule has 0 unspecified atom stereocenters. The Morgan fingerprint density at radius 2 is 1.75 bits per heavy atom. The third-order valence-electron chi connectivity index (χ3n) is 2.74. The number of methoxy groups -OCH3 is 1. The van der Waals surface area contributed by atoms with Gasteiger partial charge in [-0.25, -0.2) is 4.79 Å². The van der Waals surface area contributed by atoms with Crippen LogP contribution in [0.25, 0.3) is 10.8 Å². The summed E-state index contributed by atoms with van der Waals surface area (Å²) < 4.78 is 15.4. The fourth-order valence-corrected chi connectivity index (χ4v) is 1.74. The molecule has 0 heterocycles. The first-order valence-electron chi connectivity index (χ1n) is 6.20. The normalized spacial score (nSPS) is 10.1. The number of carbonyl (C=O) groups is 1. The number of esters is 1. The van der Waals surface area contributed by atoms with Crippen LogP contribution < -0.4 is 9.47 Å². The molecule has 4 heteroatoms. The van der Waals surface area contributed by atoms with Gasteiger partial charge in [0.2, 0.25) is 0 Å². The van der Waals surface area contributed by atoms with Crippen molar-refractivity contribution >= 4 is 16.7 Å². The Morgan fingerprint density at radius 1 is 1.10 bits per heavy atom. The molecule has 0 radical (unpaired) electrons. The summed E-state index contributed by atoms with van der Waals surface area (Å²) in [5.41, 5.74) is 0. The van der Waals surface area contributed by atoms with Gasteiger partial charge in [-0.1, -0.05) is 24.8 Å². The number of hydrogen-bond donors (Lipinski definition) is 0. The Kier molecular flexibility index (Phi) is 4.60. The van der Waals surface area contributed by atoms with E-state index in [0.29, 0.717) is 12.4 Å². The number of ether oxygens (including phenoxy) is 3. The SMILES string of the molecule is C=CCOc1ccc2ccc(OCC(=O)OC)cc2c1. The third-order valence-corrected chi connectivity index (χ3v) is 2.74. The molecule has 0 fully saturated rings. The highest BCUT2D eigenvalue weighted by molar-refractivity contribution is 5.85. The maximum Gasteiger partial charge on any atom is 0.343 e. The van der Waals surface area contributed by atoms with Crippen molar-refractivity contribution < 1.29 is 19.0 Å². The van der Waals surface area contributed by atoms with Crippen molar-refractivity contribution in [2.24, 2.45) is 0 Å². The van der Waals surface area contributed by atoms with Gasteiger partial charge in [-0.15, -0.1) is 0 Å². The number of carbonyl (C=O) groups excluding carboxylic acids is 1. The Bertz CT molecular complexity index is 619. The molecule has 2 aromatic carbocycles. The van der Waals surface area contributed by atoms with Crippen molar-refractivity contribution in [3.05, 3.63) is 49.1 Å². The van der Waals surface area contributed by atoms with Crippen LogP contribution in [0.1, 0.15) is 0 Å². The largest absolute Gasteiger partial charge is 0.490 e. The monoisotopic (exact) mass is 272 g/mol. The van der Waals surface area contributed by atoms with Gasteiger partial charge in [-0.2, -0.15) is 0 Å². The van der Waals surface area contributed by atoms with E-state index in [9.17, 15) is 4.79 Å². The highest BCUT2D eigenvalue weighted by Gasteiger charge is 2.03. The molecule has 4 nitrogen and oxygen atoms in total. The molecular formula is C16H16O4. The van der Waals surface area contributed by atoms with Crippen molar-refractivity contribution in [1.29, 1.82) is 0 Å². The van der Waals surface area contributed by atoms with Crippen molar-refractivity contribution in [1.82, 2.24) is 0 Å². The molecule has 20 heavy (non-hydrogen) atoms. The number of rotatable bonds is 6. The van der Waals surface area contributed by atoms with E-state index in [1.165, 1.54) is 7.11 Å². The molecule has 0 bridgehead atoms. The lowest BCUT2D eigenvalue weighted by Crippen LogP contribution is -2.12. The quantitative estimate of drug-likeness (QED) is 0.599. The number of benzene rings is 2. The fraction of sp³-hybridized carbons (Fsp3) is 0.188. The zero-order valence-corrected chi connectivity index (χ0v) is 11.3. The van der Waals surface area contributed by atoms with E-state index >= 15 is 0 Å². The molecule has 0 amide bonds. The summed E-state index contributed by atoms with van der Waals surface area (Å²) in [7, 11) is 1.33. The predicted octanol–water partition coefficient (Wildman–Crippen LogP) is 2.96. The Labute approximate surface area is 117 Å². The summed E-state index contributed by atoms with van der Waals surface area (Å²) in [6.07, 6.45) is 1.69. The van der Waals surface area contributed by atoms with Gasteiger partial charge in [0.25, 0.3) is 0 Å². The second-order valence-electron chi connectivity index (χ2n) is 4.14. The second-order valence-corrected chi connectivity index (χ2v) is 4.14. The summed E-state index contributed by atoms with van der Waals surface area (Å²) in [4.78, 5) is 11.0. The molecule has 0 aliphatic heterocycles. The fourth-order valence-electron chi connectivity index (χ4n) is 1.74. The van der Waals surface area contributed by atoms with Crippen LogP contribution in [0.15, 0.2) is 49.1 Å². The Hall–Kier alpha value is -2.49. The lowest BCUT2D eigenvalue weighted by atomic mass is 10.1. The van der Waals surface area contributed by atoms with E-state index in [-0.39, 0.29) is 6.61 Å². The minimum absolute atomic E-state index is 0.103. The van der Waals surface area contributed by atoms with E-state index in [4.69, 9.17) is 9.47 Å². The summed E-state index contributed by atoms with van der Waals surface area (Å²) in [5.74, 6) is 0.972. The molecule has 0 atom stereocenters. The highest BCUT2D eigenvalue weighted by atomic mass is 16.6. The molecule has 0 N–H and O–H groups in total. The third kappa shape index (κ3) is 3.51. The smallest absolute Gasteiger partial charge is 0.343 e. The Morgan fingerprint density at radius 3 is 2.35 bits per heavy atom. The van der Waals surface area contributed by atoms with Crippen molar-refractivity contribution in [3.8, 4) is 11.5 Å². The van der Waals surface area contributed by atoms with Gasteiger partial charge in [-0.3, -0.25) is 0 Å². The molecule has 2 rings (SSSR count). The van der Waals surface area contributed by atoms with E-state index in [1.807, 2.05) is 36.4 Å². The van der Waals surface area contributed by atoms with Gasteiger partial charge in [0, 0.05) is 0 Å². The van der Waals surface area contributed by atoms with Gasteiger partial charge in [0.15, 0.2) is 6.61 Å². The molecule has 0 aliphatic rings. The Balaban J connectivity index is 2.17. The van der Waals surface area contributed by atoms with E-state index in [1.54, 1.807) is 6.08 Å². The van der Waals surface area contributed by atoms with E-state index in [2.05, 4.69) is 11.3 Å². The summed E-state index contributed by atoms with van der Waals surface area (Å²) >= 11 is 0. The lowest BCUT2D eigenvalue weighted by molar-refractivity contribution is -0.142. The molecule has 0 saturated heterocycles. The zero-order chi connectivity index (χ0) is 14.4. The first-order valence-corrected chi connectivity index (χ1v) is 6.20. The van der Waals surface area contributed by atoms with Crippen LogP contribution in [0.5, 0.6) is 11.5 Å². The number of hydrogen-bond acceptors (Lipinski definition) is 4. The molecular weight excluding hydrogens is 256 g/mol. The lowest BCUT2D eigenvalue weighted by Gasteiger charge is -2.08. The van der Waals surface area contributed by atoms with Crippen LogP contribution in [0, 0.1) is 0 Å². The van der Waals surface area contributed by atoms with Crippen LogP contribution >= 0.6 is 0 Å². The highest BCUT2D eigenvalue weighted by Crippen LogP contribution is 2.25. The van der Waals surface area contributed by atoms with Gasteiger partial charge < -0.3 is 14.2 Å². The average Bonchev–Trinajstić information content (AvgIpc) is 2.49. The maximum absolute atomic E-state index is 11.0. The van der Waals surface area contributed by atoms with Crippen molar-refractivity contribution in [3.63, 3.8) is 0 Å². The summed E-state index contributed by atoms with van der Waals surface area (Å²) in [6.45, 7) is 3.97. The minimum Gasteiger partial charge on any atom is -0.490 e. The number of fused-ring (bicyclic) bond motifs is 1. The molecule has 0 aromatic heterocycles.